The van der Waals surface area contributed by atoms with Gasteiger partial charge in [-0.05, 0) is 24.6 Å². The zero-order valence-corrected chi connectivity index (χ0v) is 15.1. The Morgan fingerprint density at radius 2 is 1.93 bits per heavy atom. The largest absolute Gasteiger partial charge is 0.293 e. The molecule has 6 nitrogen and oxygen atoms in total. The summed E-state index contributed by atoms with van der Waals surface area (Å²) < 4.78 is 1.23. The summed E-state index contributed by atoms with van der Waals surface area (Å²) in [7, 11) is 0. The first kappa shape index (κ1) is 18.1. The lowest BCUT2D eigenvalue weighted by Gasteiger charge is -2.18. The molecule has 0 unspecified atom stereocenters. The average Bonchev–Trinajstić information content (AvgIpc) is 2.69. The lowest BCUT2D eigenvalue weighted by Crippen LogP contribution is -2.35. The molecule has 0 aliphatic rings. The molecule has 0 atom stereocenters. The summed E-state index contributed by atoms with van der Waals surface area (Å²) in [6.45, 7) is 3.24. The maximum absolute atomic E-state index is 12.9. The second-order valence-electron chi connectivity index (χ2n) is 5.98. The van der Waals surface area contributed by atoms with Crippen molar-refractivity contribution in [3.63, 3.8) is 0 Å². The number of nitriles is 1. The number of carbonyl (C=O) groups excluding carboxylic acids is 1. The maximum atomic E-state index is 12.9. The summed E-state index contributed by atoms with van der Waals surface area (Å²) in [6, 6.07) is 18.0. The van der Waals surface area contributed by atoms with Gasteiger partial charge in [0.2, 0.25) is 0 Å². The van der Waals surface area contributed by atoms with Crippen LogP contribution in [0.15, 0.2) is 59.4 Å². The molecule has 2 aromatic carbocycles. The average molecular weight is 358 g/mol. The summed E-state index contributed by atoms with van der Waals surface area (Å²) in [6.07, 6.45) is 0.427. The molecule has 0 fully saturated rings. The Labute approximate surface area is 156 Å². The van der Waals surface area contributed by atoms with Crippen LogP contribution in [-0.2, 0) is 6.42 Å². The topological polar surface area (TPSA) is 87.8 Å². The van der Waals surface area contributed by atoms with Gasteiger partial charge in [-0.1, -0.05) is 43.3 Å². The van der Waals surface area contributed by atoms with E-state index in [2.05, 4.69) is 16.5 Å². The summed E-state index contributed by atoms with van der Waals surface area (Å²) in [5.74, 6) is -0.287. The predicted molar refractivity (Wildman–Crippen MR) is 103 cm³/mol. The summed E-state index contributed by atoms with van der Waals surface area (Å²) in [5, 5.41) is 9.09. The van der Waals surface area contributed by atoms with Crippen LogP contribution in [0.2, 0.25) is 0 Å². The van der Waals surface area contributed by atoms with Crippen molar-refractivity contribution in [3.05, 3.63) is 81.9 Å². The van der Waals surface area contributed by atoms with Crippen LogP contribution in [-0.4, -0.2) is 15.4 Å². The number of aryl methyl sites for hydroxylation is 1. The summed E-state index contributed by atoms with van der Waals surface area (Å²) in [4.78, 5) is 29.8. The highest BCUT2D eigenvalue weighted by atomic mass is 16.1. The zero-order chi connectivity index (χ0) is 19.4. The number of anilines is 1. The molecule has 1 N–H and O–H groups in total. The molecule has 1 heterocycles. The molecule has 0 aliphatic heterocycles. The second kappa shape index (κ2) is 7.67. The fraction of sp³-hybridized carbons (Fsp3) is 0.143. The second-order valence-corrected chi connectivity index (χ2v) is 5.98. The highest BCUT2D eigenvalue weighted by molar-refractivity contribution is 5.98. The van der Waals surface area contributed by atoms with Crippen molar-refractivity contribution in [2.24, 2.45) is 0 Å². The molecule has 0 saturated heterocycles. The first-order chi connectivity index (χ1) is 13.0. The van der Waals surface area contributed by atoms with Crippen molar-refractivity contribution in [3.8, 4) is 17.3 Å². The minimum Gasteiger partial charge on any atom is -0.293 e. The van der Waals surface area contributed by atoms with E-state index in [1.54, 1.807) is 24.3 Å². The number of Topliss-reactive ketones (excluding diaryl/α,β-unsaturated/α-hetero) is 1. The summed E-state index contributed by atoms with van der Waals surface area (Å²) >= 11 is 0. The maximum Gasteiger partial charge on any atom is 0.291 e. The molecule has 3 rings (SSSR count). The highest BCUT2D eigenvalue weighted by Gasteiger charge is 2.20. The Morgan fingerprint density at radius 3 is 2.56 bits per heavy atom. The highest BCUT2D eigenvalue weighted by Crippen LogP contribution is 2.22. The van der Waals surface area contributed by atoms with Gasteiger partial charge in [-0.2, -0.15) is 5.26 Å². The van der Waals surface area contributed by atoms with Crippen LogP contribution in [0.1, 0.15) is 35.6 Å². The van der Waals surface area contributed by atoms with E-state index >= 15 is 0 Å². The number of hydrogen-bond acceptors (Lipinski definition) is 5. The Bertz CT molecular complexity index is 1100. The van der Waals surface area contributed by atoms with Crippen LogP contribution in [0.4, 0.5) is 5.69 Å². The normalized spacial score (nSPS) is 10.3. The Balaban J connectivity index is 2.27. The van der Waals surface area contributed by atoms with E-state index in [0.717, 1.165) is 5.56 Å². The minimum atomic E-state index is -0.384. The number of carbonyl (C=O) groups is 1. The number of benzene rings is 2. The van der Waals surface area contributed by atoms with Gasteiger partial charge in [0, 0.05) is 12.5 Å². The van der Waals surface area contributed by atoms with Crippen LogP contribution in [0, 0.1) is 11.3 Å². The van der Waals surface area contributed by atoms with Crippen molar-refractivity contribution in [2.45, 2.75) is 20.3 Å². The fourth-order valence-corrected chi connectivity index (χ4v) is 2.82. The van der Waals surface area contributed by atoms with E-state index < -0.39 is 0 Å². The van der Waals surface area contributed by atoms with E-state index in [4.69, 9.17) is 5.26 Å². The van der Waals surface area contributed by atoms with E-state index in [9.17, 15) is 9.59 Å². The standard InChI is InChI=1S/C21H18N4O2/c1-3-18-21(27)25(24-17-11-7-8-15(12-17)13-22)20(14(2)26)19(23-18)16-9-5-4-6-10-16/h4-12,24H,3H2,1-2H3. The van der Waals surface area contributed by atoms with Gasteiger partial charge >= 0.3 is 0 Å². The number of aromatic nitrogens is 2. The molecule has 6 heteroatoms. The Hall–Kier alpha value is -3.72. The number of rotatable bonds is 5. The fourth-order valence-electron chi connectivity index (χ4n) is 2.82. The van der Waals surface area contributed by atoms with Crippen LogP contribution in [0.3, 0.4) is 0 Å². The molecule has 0 radical (unpaired) electrons. The van der Waals surface area contributed by atoms with Gasteiger partial charge in [-0.15, -0.1) is 0 Å². The molecule has 0 bridgehead atoms. The SMILES string of the molecule is CCc1nc(-c2ccccc2)c(C(C)=O)n(Nc2cccc(C#N)c2)c1=O. The van der Waals surface area contributed by atoms with Crippen LogP contribution >= 0.6 is 0 Å². The lowest BCUT2D eigenvalue weighted by molar-refractivity contribution is 0.100. The van der Waals surface area contributed by atoms with Gasteiger partial charge in [-0.25, -0.2) is 9.66 Å². The number of ketones is 1. The Morgan fingerprint density at radius 1 is 1.19 bits per heavy atom. The molecular formula is C21H18N4O2. The van der Waals surface area contributed by atoms with Gasteiger partial charge in [-0.3, -0.25) is 15.0 Å². The lowest BCUT2D eigenvalue weighted by atomic mass is 10.1. The number of nitrogens with one attached hydrogen (secondary N) is 1. The van der Waals surface area contributed by atoms with Crippen molar-refractivity contribution in [2.75, 3.05) is 5.43 Å². The quantitative estimate of drug-likeness (QED) is 0.706. The first-order valence-corrected chi connectivity index (χ1v) is 8.54. The predicted octanol–water partition coefficient (Wildman–Crippen LogP) is 3.42. The van der Waals surface area contributed by atoms with Gasteiger partial charge in [0.05, 0.1) is 17.3 Å². The molecule has 0 spiro atoms. The monoisotopic (exact) mass is 358 g/mol. The molecule has 27 heavy (non-hydrogen) atoms. The van der Waals surface area contributed by atoms with E-state index in [0.29, 0.717) is 29.1 Å². The van der Waals surface area contributed by atoms with Gasteiger partial charge < -0.3 is 0 Å². The van der Waals surface area contributed by atoms with Gasteiger partial charge in [0.15, 0.2) is 5.78 Å². The third-order valence-electron chi connectivity index (χ3n) is 4.09. The molecule has 3 aromatic rings. The minimum absolute atomic E-state index is 0.172. The van der Waals surface area contributed by atoms with Gasteiger partial charge in [0.25, 0.3) is 5.56 Å². The van der Waals surface area contributed by atoms with Crippen molar-refractivity contribution in [1.29, 1.82) is 5.26 Å². The van der Waals surface area contributed by atoms with Crippen molar-refractivity contribution in [1.82, 2.24) is 9.66 Å². The van der Waals surface area contributed by atoms with Crippen molar-refractivity contribution >= 4 is 11.5 Å². The number of nitrogens with zero attached hydrogens (tertiary/aromatic N) is 3. The van der Waals surface area contributed by atoms with Crippen LogP contribution in [0.5, 0.6) is 0 Å². The molecule has 0 amide bonds. The summed E-state index contributed by atoms with van der Waals surface area (Å²) in [5.41, 5.74) is 5.29. The Kier molecular flexibility index (Phi) is 5.13. The molecule has 134 valence electrons. The first-order valence-electron chi connectivity index (χ1n) is 8.54. The van der Waals surface area contributed by atoms with Crippen LogP contribution in [0.25, 0.3) is 11.3 Å². The molecule has 0 aliphatic carbocycles. The third-order valence-corrected chi connectivity index (χ3v) is 4.09. The van der Waals surface area contributed by atoms with Crippen LogP contribution < -0.4 is 11.0 Å². The van der Waals surface area contributed by atoms with E-state index in [-0.39, 0.29) is 17.0 Å². The smallest absolute Gasteiger partial charge is 0.291 e. The molecule has 1 aromatic heterocycles. The zero-order valence-electron chi connectivity index (χ0n) is 15.1. The van der Waals surface area contributed by atoms with Crippen molar-refractivity contribution < 1.29 is 4.79 Å². The van der Waals surface area contributed by atoms with E-state index in [1.807, 2.05) is 37.3 Å². The van der Waals surface area contributed by atoms with E-state index in [1.165, 1.54) is 11.6 Å². The number of hydrogen-bond donors (Lipinski definition) is 1. The molecule has 0 saturated carbocycles. The molecular weight excluding hydrogens is 340 g/mol. The third kappa shape index (κ3) is 3.62. The van der Waals surface area contributed by atoms with Gasteiger partial charge in [0.1, 0.15) is 17.1 Å².